The fraction of sp³-hybridized carbons (Fsp3) is 0.833. The van der Waals surface area contributed by atoms with Gasteiger partial charge in [-0.25, -0.2) is 0 Å². The molecule has 0 spiro atoms. The zero-order chi connectivity index (χ0) is 13.0. The van der Waals surface area contributed by atoms with Crippen molar-refractivity contribution in [3.63, 3.8) is 0 Å². The van der Waals surface area contributed by atoms with E-state index in [1.54, 1.807) is 7.11 Å². The van der Waals surface area contributed by atoms with Crippen LogP contribution in [0, 0.1) is 0 Å². The molecule has 18 heavy (non-hydrogen) atoms. The van der Waals surface area contributed by atoms with E-state index in [4.69, 9.17) is 9.15 Å². The summed E-state index contributed by atoms with van der Waals surface area (Å²) in [5, 5.41) is 11.5. The number of piperidine rings is 1. The average molecular weight is 254 g/mol. The zero-order valence-corrected chi connectivity index (χ0v) is 11.3. The van der Waals surface area contributed by atoms with Gasteiger partial charge in [-0.2, -0.15) is 0 Å². The minimum atomic E-state index is 0.0965. The molecule has 1 aliphatic heterocycles. The van der Waals surface area contributed by atoms with Crippen LogP contribution in [0.25, 0.3) is 0 Å². The van der Waals surface area contributed by atoms with Crippen molar-refractivity contribution in [1.82, 2.24) is 15.5 Å². The van der Waals surface area contributed by atoms with Gasteiger partial charge in [-0.15, -0.1) is 5.10 Å². The highest BCUT2D eigenvalue weighted by molar-refractivity contribution is 5.25. The molecule has 1 aliphatic rings. The average Bonchev–Trinajstić information content (AvgIpc) is 2.89. The molecule has 0 amide bonds. The third-order valence-corrected chi connectivity index (χ3v) is 3.29. The molecule has 102 valence electrons. The number of hydrogen-bond donors (Lipinski definition) is 1. The lowest BCUT2D eigenvalue weighted by Gasteiger charge is -2.30. The van der Waals surface area contributed by atoms with E-state index >= 15 is 0 Å². The highest BCUT2D eigenvalue weighted by atomic mass is 16.5. The van der Waals surface area contributed by atoms with Crippen molar-refractivity contribution in [3.8, 4) is 0 Å². The molecule has 6 nitrogen and oxygen atoms in total. The number of hydrogen-bond acceptors (Lipinski definition) is 6. The van der Waals surface area contributed by atoms with Gasteiger partial charge in [-0.3, -0.25) is 0 Å². The Bertz CT molecular complexity index is 369. The molecule has 1 N–H and O–H groups in total. The summed E-state index contributed by atoms with van der Waals surface area (Å²) in [4.78, 5) is 2.10. The third kappa shape index (κ3) is 3.00. The highest BCUT2D eigenvalue weighted by Gasteiger charge is 2.24. The first kappa shape index (κ1) is 13.3. The van der Waals surface area contributed by atoms with Crippen molar-refractivity contribution in [3.05, 3.63) is 5.89 Å². The van der Waals surface area contributed by atoms with Gasteiger partial charge in [0.15, 0.2) is 0 Å². The first-order valence-corrected chi connectivity index (χ1v) is 6.59. The molecule has 2 rings (SSSR count). The molecule has 1 aromatic rings. The molecule has 1 aromatic heterocycles. The van der Waals surface area contributed by atoms with Crippen LogP contribution >= 0.6 is 0 Å². The number of aromatic nitrogens is 2. The van der Waals surface area contributed by atoms with Crippen LogP contribution in [0.3, 0.4) is 0 Å². The number of nitrogens with zero attached hydrogens (tertiary/aromatic N) is 3. The summed E-state index contributed by atoms with van der Waals surface area (Å²) < 4.78 is 11.1. The molecule has 6 heteroatoms. The van der Waals surface area contributed by atoms with Crippen molar-refractivity contribution in [1.29, 1.82) is 0 Å². The zero-order valence-electron chi connectivity index (χ0n) is 11.3. The Balaban J connectivity index is 2.00. The first-order chi connectivity index (χ1) is 8.74. The quantitative estimate of drug-likeness (QED) is 0.856. The Hall–Kier alpha value is -1.14. The predicted molar refractivity (Wildman–Crippen MR) is 68.6 cm³/mol. The molecule has 2 atom stereocenters. The second-order valence-electron chi connectivity index (χ2n) is 4.65. The topological polar surface area (TPSA) is 63.4 Å². The maximum atomic E-state index is 5.72. The Kier molecular flexibility index (Phi) is 4.54. The Morgan fingerprint density at radius 2 is 2.39 bits per heavy atom. The molecular weight excluding hydrogens is 232 g/mol. The Morgan fingerprint density at radius 3 is 3.11 bits per heavy atom. The van der Waals surface area contributed by atoms with Gasteiger partial charge in [-0.1, -0.05) is 12.0 Å². The maximum Gasteiger partial charge on any atom is 0.318 e. The molecule has 0 bridgehead atoms. The number of nitrogens with one attached hydrogen (secondary N) is 1. The van der Waals surface area contributed by atoms with Gasteiger partial charge >= 0.3 is 6.01 Å². The van der Waals surface area contributed by atoms with Gasteiger partial charge in [0.2, 0.25) is 5.89 Å². The van der Waals surface area contributed by atoms with Crippen molar-refractivity contribution in [2.24, 2.45) is 0 Å². The number of rotatable bonds is 5. The number of ether oxygens (including phenoxy) is 1. The maximum absolute atomic E-state index is 5.72. The molecular formula is C12H22N4O2. The molecule has 1 saturated heterocycles. The van der Waals surface area contributed by atoms with Crippen molar-refractivity contribution >= 4 is 6.01 Å². The van der Waals surface area contributed by atoms with E-state index in [9.17, 15) is 0 Å². The summed E-state index contributed by atoms with van der Waals surface area (Å²) >= 11 is 0. The fourth-order valence-electron chi connectivity index (χ4n) is 2.23. The van der Waals surface area contributed by atoms with Gasteiger partial charge in [0.1, 0.15) is 0 Å². The van der Waals surface area contributed by atoms with E-state index in [-0.39, 0.29) is 12.1 Å². The van der Waals surface area contributed by atoms with E-state index in [0.29, 0.717) is 11.9 Å². The first-order valence-electron chi connectivity index (χ1n) is 6.59. The largest absolute Gasteiger partial charge is 0.406 e. The van der Waals surface area contributed by atoms with Crippen LogP contribution in [-0.2, 0) is 4.74 Å². The molecule has 2 heterocycles. The van der Waals surface area contributed by atoms with Gasteiger partial charge in [-0.05, 0) is 26.3 Å². The van der Waals surface area contributed by atoms with E-state index in [1.165, 1.54) is 0 Å². The van der Waals surface area contributed by atoms with Crippen LogP contribution in [0.2, 0.25) is 0 Å². The highest BCUT2D eigenvalue weighted by Crippen LogP contribution is 2.21. The molecule has 2 unspecified atom stereocenters. The van der Waals surface area contributed by atoms with E-state index in [2.05, 4.69) is 27.3 Å². The predicted octanol–water partition coefficient (Wildman–Crippen LogP) is 1.36. The SMILES string of the molecule is CCNC(C)c1nnc(N2CCCC(OC)C2)o1. The van der Waals surface area contributed by atoms with Crippen LogP contribution in [0.5, 0.6) is 0 Å². The minimum Gasteiger partial charge on any atom is -0.406 e. The molecule has 0 radical (unpaired) electrons. The lowest BCUT2D eigenvalue weighted by Crippen LogP contribution is -2.39. The monoisotopic (exact) mass is 254 g/mol. The van der Waals surface area contributed by atoms with Gasteiger partial charge < -0.3 is 19.4 Å². The van der Waals surface area contributed by atoms with Crippen LogP contribution in [0.1, 0.15) is 38.6 Å². The lowest BCUT2D eigenvalue weighted by atomic mass is 10.1. The Morgan fingerprint density at radius 1 is 1.56 bits per heavy atom. The number of methoxy groups -OCH3 is 1. The van der Waals surface area contributed by atoms with Crippen LogP contribution in [0.4, 0.5) is 6.01 Å². The summed E-state index contributed by atoms with van der Waals surface area (Å²) in [5.41, 5.74) is 0. The number of anilines is 1. The van der Waals surface area contributed by atoms with Crippen molar-refractivity contribution < 1.29 is 9.15 Å². The summed E-state index contributed by atoms with van der Waals surface area (Å²) in [5.74, 6) is 0.645. The van der Waals surface area contributed by atoms with Crippen molar-refractivity contribution in [2.75, 3.05) is 31.6 Å². The second-order valence-corrected chi connectivity index (χ2v) is 4.65. The van der Waals surface area contributed by atoms with Crippen LogP contribution in [0.15, 0.2) is 4.42 Å². The summed E-state index contributed by atoms with van der Waals surface area (Å²) in [6.45, 7) is 6.75. The smallest absolute Gasteiger partial charge is 0.318 e. The minimum absolute atomic E-state index is 0.0965. The van der Waals surface area contributed by atoms with Gasteiger partial charge in [0, 0.05) is 20.2 Å². The molecule has 0 aromatic carbocycles. The third-order valence-electron chi connectivity index (χ3n) is 3.29. The summed E-state index contributed by atoms with van der Waals surface area (Å²) in [6.07, 6.45) is 2.46. The standard InChI is InChI=1S/C12H22N4O2/c1-4-13-9(2)11-14-15-12(18-11)16-7-5-6-10(8-16)17-3/h9-10,13H,4-8H2,1-3H3. The Labute approximate surface area is 108 Å². The van der Waals surface area contributed by atoms with E-state index in [0.717, 1.165) is 32.5 Å². The second kappa shape index (κ2) is 6.15. The molecule has 0 saturated carbocycles. The fourth-order valence-corrected chi connectivity index (χ4v) is 2.23. The lowest BCUT2D eigenvalue weighted by molar-refractivity contribution is 0.0878. The normalized spacial score (nSPS) is 22.2. The van der Waals surface area contributed by atoms with Gasteiger partial charge in [0.25, 0.3) is 0 Å². The van der Waals surface area contributed by atoms with Crippen LogP contribution in [-0.4, -0.2) is 43.0 Å². The van der Waals surface area contributed by atoms with E-state index < -0.39 is 0 Å². The summed E-state index contributed by atoms with van der Waals surface area (Å²) in [6, 6.07) is 0.704. The van der Waals surface area contributed by atoms with Gasteiger partial charge in [0.05, 0.1) is 12.1 Å². The molecule has 1 fully saturated rings. The van der Waals surface area contributed by atoms with Crippen molar-refractivity contribution in [2.45, 2.75) is 38.8 Å². The van der Waals surface area contributed by atoms with E-state index in [1.807, 2.05) is 6.92 Å². The molecule has 0 aliphatic carbocycles. The van der Waals surface area contributed by atoms with Crippen LogP contribution < -0.4 is 10.2 Å². The summed E-state index contributed by atoms with van der Waals surface area (Å²) in [7, 11) is 1.75.